The summed E-state index contributed by atoms with van der Waals surface area (Å²) >= 11 is 0. The first-order valence-electron chi connectivity index (χ1n) is 26.3. The molecule has 14 aromatic rings. The average Bonchev–Trinajstić information content (AvgIpc) is 4.23. The van der Waals surface area contributed by atoms with E-state index < -0.39 is 0 Å². The van der Waals surface area contributed by atoms with Gasteiger partial charge in [0.1, 0.15) is 5.58 Å². The zero-order chi connectivity index (χ0) is 50.5. The molecule has 2 heterocycles. The molecule has 3 heteroatoms. The molecule has 1 aliphatic carbocycles. The maximum Gasteiger partial charge on any atom is 0.159 e. The van der Waals surface area contributed by atoms with E-state index >= 15 is 0 Å². The highest BCUT2D eigenvalue weighted by Gasteiger charge is 2.36. The van der Waals surface area contributed by atoms with Gasteiger partial charge in [0.2, 0.25) is 0 Å². The van der Waals surface area contributed by atoms with Gasteiger partial charge in [0.15, 0.2) is 5.58 Å². The van der Waals surface area contributed by atoms with Gasteiger partial charge in [0.05, 0.1) is 16.7 Å². The molecule has 0 bridgehead atoms. The minimum absolute atomic E-state index is 0.165. The number of hydrogen-bond donors (Lipinski definition) is 0. The molecule has 0 unspecified atom stereocenters. The van der Waals surface area contributed by atoms with Crippen molar-refractivity contribution in [1.82, 2.24) is 4.57 Å². The van der Waals surface area contributed by atoms with Crippen LogP contribution in [-0.4, -0.2) is 4.57 Å². The zero-order valence-corrected chi connectivity index (χ0v) is 42.2. The number of hydrogen-bond acceptors (Lipinski definition) is 2. The van der Waals surface area contributed by atoms with Gasteiger partial charge in [-0.25, -0.2) is 0 Å². The summed E-state index contributed by atoms with van der Waals surface area (Å²) in [5, 5.41) is 7.11. The molecule has 0 N–H and O–H groups in total. The molecule has 2 aromatic heterocycles. The van der Waals surface area contributed by atoms with Crippen molar-refractivity contribution in [2.24, 2.45) is 0 Å². The second kappa shape index (κ2) is 17.2. The van der Waals surface area contributed by atoms with Crippen LogP contribution in [0.1, 0.15) is 25.0 Å². The van der Waals surface area contributed by atoms with Gasteiger partial charge in [-0.2, -0.15) is 0 Å². The van der Waals surface area contributed by atoms with Crippen molar-refractivity contribution in [3.05, 3.63) is 278 Å². The van der Waals surface area contributed by atoms with Crippen LogP contribution in [-0.2, 0) is 5.41 Å². The lowest BCUT2D eigenvalue weighted by atomic mass is 9.82. The van der Waals surface area contributed by atoms with Crippen molar-refractivity contribution in [2.45, 2.75) is 19.3 Å². The molecule has 0 amide bonds. The normalized spacial score (nSPS) is 12.7. The molecule has 0 fully saturated rings. The van der Waals surface area contributed by atoms with Crippen LogP contribution in [0.5, 0.6) is 0 Å². The average molecular weight is 971 g/mol. The Morgan fingerprint density at radius 2 is 0.895 bits per heavy atom. The standard InChI is InChI=1S/C73H50N2O/c1-73(2)65-25-13-11-22-59(65)60-42-41-57(46-66(60)73)74(69-27-15-24-62-70-58-21-10-9-18-54(58)45-63(72(70)76-71(62)69)52-16-5-3-6-17-52)56-39-36-50(37-40-56)49-30-28-47(29-31-49)48-32-34-51(35-33-48)53-38-43-68-64(44-53)61-23-12-14-26-67(61)75(68)55-19-7-4-8-20-55/h3-46H,1-2H3. The van der Waals surface area contributed by atoms with Crippen molar-refractivity contribution in [3.8, 4) is 61.3 Å². The summed E-state index contributed by atoms with van der Waals surface area (Å²) < 4.78 is 9.62. The highest BCUT2D eigenvalue weighted by atomic mass is 16.3. The van der Waals surface area contributed by atoms with Gasteiger partial charge < -0.3 is 13.9 Å². The maximum atomic E-state index is 7.26. The summed E-state index contributed by atoms with van der Waals surface area (Å²) in [7, 11) is 0. The number of furan rings is 1. The number of rotatable bonds is 8. The SMILES string of the molecule is CC1(C)c2ccccc2-c2ccc(N(c3ccc(-c4ccc(-c5ccc(-c6ccc7c(c6)c6ccccc6n7-c6ccccc6)cc5)cc4)cc3)c3cccc4c3oc3c(-c5ccccc5)cc5ccccc5c34)cc21. The molecule has 3 nitrogen and oxygen atoms in total. The van der Waals surface area contributed by atoms with Crippen molar-refractivity contribution < 1.29 is 4.42 Å². The van der Waals surface area contributed by atoms with Gasteiger partial charge in [0, 0.05) is 49.6 Å². The van der Waals surface area contributed by atoms with Crippen LogP contribution in [0.4, 0.5) is 17.1 Å². The van der Waals surface area contributed by atoms with E-state index in [1.807, 2.05) is 0 Å². The van der Waals surface area contributed by atoms with Crippen LogP contribution < -0.4 is 4.90 Å². The monoisotopic (exact) mass is 970 g/mol. The predicted octanol–water partition coefficient (Wildman–Crippen LogP) is 20.3. The van der Waals surface area contributed by atoms with Crippen LogP contribution in [0.25, 0.3) is 116 Å². The quantitative estimate of drug-likeness (QED) is 0.151. The summed E-state index contributed by atoms with van der Waals surface area (Å²) in [5.41, 5.74) is 22.9. The maximum absolute atomic E-state index is 7.26. The smallest absolute Gasteiger partial charge is 0.159 e. The van der Waals surface area contributed by atoms with E-state index in [0.717, 1.165) is 61.3 Å². The summed E-state index contributed by atoms with van der Waals surface area (Å²) in [6.07, 6.45) is 0. The number of aromatic nitrogens is 1. The van der Waals surface area contributed by atoms with Gasteiger partial charge in [-0.15, -0.1) is 0 Å². The lowest BCUT2D eigenvalue weighted by Gasteiger charge is -2.28. The summed E-state index contributed by atoms with van der Waals surface area (Å²) in [4.78, 5) is 2.39. The Labute approximate surface area is 441 Å². The third kappa shape index (κ3) is 6.90. The Hall–Kier alpha value is -9.70. The van der Waals surface area contributed by atoms with Crippen LogP contribution in [0.15, 0.2) is 271 Å². The molecule has 358 valence electrons. The third-order valence-corrected chi connectivity index (χ3v) is 16.2. The van der Waals surface area contributed by atoms with Crippen LogP contribution >= 0.6 is 0 Å². The minimum atomic E-state index is -0.165. The Kier molecular flexibility index (Phi) is 9.92. The van der Waals surface area contributed by atoms with Crippen LogP contribution in [0.3, 0.4) is 0 Å². The van der Waals surface area contributed by atoms with E-state index in [4.69, 9.17) is 4.42 Å². The Morgan fingerprint density at radius 1 is 0.342 bits per heavy atom. The molecule has 0 saturated carbocycles. The molecule has 0 atom stereocenters. The first kappa shape index (κ1) is 43.8. The highest BCUT2D eigenvalue weighted by Crippen LogP contribution is 2.52. The first-order valence-corrected chi connectivity index (χ1v) is 26.3. The molecule has 15 rings (SSSR count). The Balaban J connectivity index is 0.786. The van der Waals surface area contributed by atoms with Crippen molar-refractivity contribution >= 4 is 71.6 Å². The van der Waals surface area contributed by atoms with Gasteiger partial charge in [-0.1, -0.05) is 214 Å². The second-order valence-electron chi connectivity index (χ2n) is 20.8. The van der Waals surface area contributed by atoms with E-state index in [-0.39, 0.29) is 5.41 Å². The topological polar surface area (TPSA) is 21.3 Å². The molecular weight excluding hydrogens is 921 g/mol. The largest absolute Gasteiger partial charge is 0.453 e. The number of benzene rings is 12. The van der Waals surface area contributed by atoms with Crippen molar-refractivity contribution in [1.29, 1.82) is 0 Å². The van der Waals surface area contributed by atoms with E-state index in [1.54, 1.807) is 0 Å². The van der Waals surface area contributed by atoms with Gasteiger partial charge >= 0.3 is 0 Å². The van der Waals surface area contributed by atoms with E-state index in [2.05, 4.69) is 290 Å². The number of para-hydroxylation sites is 3. The fourth-order valence-corrected chi connectivity index (χ4v) is 12.4. The molecule has 12 aromatic carbocycles. The van der Waals surface area contributed by atoms with Crippen molar-refractivity contribution in [2.75, 3.05) is 4.90 Å². The molecule has 0 aliphatic heterocycles. The number of fused-ring (bicyclic) bond motifs is 11. The van der Waals surface area contributed by atoms with Crippen LogP contribution in [0, 0.1) is 0 Å². The fourth-order valence-electron chi connectivity index (χ4n) is 12.4. The van der Waals surface area contributed by atoms with Gasteiger partial charge in [0.25, 0.3) is 0 Å². The summed E-state index contributed by atoms with van der Waals surface area (Å²) in [6.45, 7) is 4.70. The van der Waals surface area contributed by atoms with E-state index in [1.165, 1.54) is 82.8 Å². The molecule has 0 saturated heterocycles. The number of nitrogens with zero attached hydrogens (tertiary/aromatic N) is 2. The third-order valence-electron chi connectivity index (χ3n) is 16.2. The predicted molar refractivity (Wildman–Crippen MR) is 320 cm³/mol. The second-order valence-corrected chi connectivity index (χ2v) is 20.8. The molecular formula is C73H50N2O. The van der Waals surface area contributed by atoms with Gasteiger partial charge in [-0.05, 0) is 139 Å². The summed E-state index contributed by atoms with van der Waals surface area (Å²) in [6, 6.07) is 97.3. The lowest BCUT2D eigenvalue weighted by Crippen LogP contribution is -2.16. The molecule has 0 spiro atoms. The van der Waals surface area contributed by atoms with E-state index in [9.17, 15) is 0 Å². The fraction of sp³-hybridized carbons (Fsp3) is 0.0411. The Morgan fingerprint density at radius 3 is 1.63 bits per heavy atom. The van der Waals surface area contributed by atoms with Crippen molar-refractivity contribution in [3.63, 3.8) is 0 Å². The molecule has 0 radical (unpaired) electrons. The molecule has 1 aliphatic rings. The molecule has 76 heavy (non-hydrogen) atoms. The number of anilines is 3. The van der Waals surface area contributed by atoms with Gasteiger partial charge in [-0.3, -0.25) is 0 Å². The van der Waals surface area contributed by atoms with E-state index in [0.29, 0.717) is 0 Å². The summed E-state index contributed by atoms with van der Waals surface area (Å²) in [5.74, 6) is 0. The van der Waals surface area contributed by atoms with Crippen LogP contribution in [0.2, 0.25) is 0 Å². The minimum Gasteiger partial charge on any atom is -0.453 e. The zero-order valence-electron chi connectivity index (χ0n) is 42.2. The first-order chi connectivity index (χ1) is 37.4. The lowest BCUT2D eigenvalue weighted by molar-refractivity contribution is 0.660. The highest BCUT2D eigenvalue weighted by molar-refractivity contribution is 6.24. The Bertz CT molecular complexity index is 4560.